The summed E-state index contributed by atoms with van der Waals surface area (Å²) in [5.74, 6) is -0.499. The van der Waals surface area contributed by atoms with Gasteiger partial charge in [0.05, 0.1) is 18.6 Å². The molecule has 126 valence electrons. The average Bonchev–Trinajstić information content (AvgIpc) is 2.93. The zero-order chi connectivity index (χ0) is 16.6. The normalized spacial score (nSPS) is 27.9. The van der Waals surface area contributed by atoms with E-state index in [0.29, 0.717) is 25.9 Å². The minimum atomic E-state index is -0.926. The van der Waals surface area contributed by atoms with Crippen LogP contribution in [0, 0.1) is 5.41 Å². The lowest BCUT2D eigenvalue weighted by atomic mass is 9.71. The summed E-state index contributed by atoms with van der Waals surface area (Å²) in [6.45, 7) is 1.16. The smallest absolute Gasteiger partial charge is 0.314 e. The lowest BCUT2D eigenvalue weighted by Crippen LogP contribution is -2.62. The van der Waals surface area contributed by atoms with Crippen LogP contribution in [-0.2, 0) is 11.8 Å². The number of nitrogens with zero attached hydrogens (tertiary/aromatic N) is 4. The summed E-state index contributed by atoms with van der Waals surface area (Å²) in [5.41, 5.74) is -0.926. The molecule has 1 aromatic heterocycles. The fourth-order valence-corrected chi connectivity index (χ4v) is 3.40. The van der Waals surface area contributed by atoms with Crippen LogP contribution in [0.15, 0.2) is 0 Å². The minimum absolute atomic E-state index is 0.0344. The van der Waals surface area contributed by atoms with Gasteiger partial charge in [-0.1, -0.05) is 0 Å². The van der Waals surface area contributed by atoms with Crippen molar-refractivity contribution in [3.05, 3.63) is 5.82 Å². The number of carbonyl (C=O) groups excluding carboxylic acids is 2. The monoisotopic (exact) mass is 323 g/mol. The molecular formula is C14H21N5O4. The van der Waals surface area contributed by atoms with Crippen LogP contribution in [-0.4, -0.2) is 69.4 Å². The Hall–Kier alpha value is -2.16. The lowest BCUT2D eigenvalue weighted by molar-refractivity contribution is -0.147. The van der Waals surface area contributed by atoms with Gasteiger partial charge in [-0.25, -0.2) is 4.68 Å². The number of nitrogens with one attached hydrogen (secondary N) is 1. The molecule has 1 spiro atoms. The SMILES string of the molecule is COc1nc(C(=O)N2CC[C@H](O)[C@@]3(CCCNC3=O)C2)nn1C. The molecule has 0 bridgehead atoms. The van der Waals surface area contributed by atoms with Gasteiger partial charge >= 0.3 is 6.01 Å². The first kappa shape index (κ1) is 15.7. The fourth-order valence-electron chi connectivity index (χ4n) is 3.40. The number of aliphatic hydroxyl groups excluding tert-OH is 1. The molecule has 0 unspecified atom stereocenters. The van der Waals surface area contributed by atoms with Crippen molar-refractivity contribution in [2.24, 2.45) is 12.5 Å². The Kier molecular flexibility index (Phi) is 3.97. The van der Waals surface area contributed by atoms with E-state index in [1.165, 1.54) is 11.8 Å². The molecule has 0 aromatic carbocycles. The standard InChI is InChI=1S/C14H21N5O4/c1-18-13(23-2)16-10(17-18)11(21)19-7-4-9(20)14(8-19)5-3-6-15-12(14)22/h9,20H,3-8H2,1-2H3,(H,15,22)/t9-,14+/m0/s1. The van der Waals surface area contributed by atoms with Crippen LogP contribution in [0.3, 0.4) is 0 Å². The maximum atomic E-state index is 12.6. The molecule has 2 fully saturated rings. The maximum absolute atomic E-state index is 12.6. The number of hydrogen-bond acceptors (Lipinski definition) is 6. The van der Waals surface area contributed by atoms with Crippen molar-refractivity contribution in [2.45, 2.75) is 25.4 Å². The number of aryl methyl sites for hydroxylation is 1. The first-order chi connectivity index (χ1) is 11.0. The number of rotatable bonds is 2. The van der Waals surface area contributed by atoms with Crippen molar-refractivity contribution in [2.75, 3.05) is 26.7 Å². The Morgan fingerprint density at radius 2 is 2.30 bits per heavy atom. The van der Waals surface area contributed by atoms with E-state index in [9.17, 15) is 14.7 Å². The average molecular weight is 323 g/mol. The highest BCUT2D eigenvalue weighted by molar-refractivity contribution is 5.92. The van der Waals surface area contributed by atoms with Crippen LogP contribution in [0.2, 0.25) is 0 Å². The number of ether oxygens (including phenoxy) is 1. The molecule has 1 aromatic rings. The molecule has 2 aliphatic rings. The van der Waals surface area contributed by atoms with Gasteiger partial charge in [0.25, 0.3) is 5.91 Å². The van der Waals surface area contributed by atoms with Gasteiger partial charge in [0, 0.05) is 26.7 Å². The summed E-state index contributed by atoms with van der Waals surface area (Å²) in [4.78, 5) is 30.6. The number of aliphatic hydroxyl groups is 1. The van der Waals surface area contributed by atoms with E-state index in [0.717, 1.165) is 6.42 Å². The predicted octanol–water partition coefficient (Wildman–Crippen LogP) is -1.07. The third-order valence-electron chi connectivity index (χ3n) is 4.70. The number of amides is 2. The molecule has 9 heteroatoms. The van der Waals surface area contributed by atoms with Gasteiger partial charge in [-0.3, -0.25) is 9.59 Å². The maximum Gasteiger partial charge on any atom is 0.314 e. The third-order valence-corrected chi connectivity index (χ3v) is 4.70. The van der Waals surface area contributed by atoms with Crippen LogP contribution in [0.1, 0.15) is 29.9 Å². The van der Waals surface area contributed by atoms with Crippen molar-refractivity contribution in [3.8, 4) is 6.01 Å². The summed E-state index contributed by atoms with van der Waals surface area (Å²) in [5, 5.41) is 17.2. The van der Waals surface area contributed by atoms with E-state index in [-0.39, 0.29) is 30.2 Å². The number of carbonyl (C=O) groups is 2. The number of hydrogen-bond donors (Lipinski definition) is 2. The van der Waals surface area contributed by atoms with E-state index in [1.54, 1.807) is 11.9 Å². The molecule has 3 rings (SSSR count). The Morgan fingerprint density at radius 3 is 2.96 bits per heavy atom. The number of likely N-dealkylation sites (tertiary alicyclic amines) is 1. The molecule has 2 N–H and O–H groups in total. The van der Waals surface area contributed by atoms with Crippen LogP contribution in [0.4, 0.5) is 0 Å². The molecule has 0 aliphatic carbocycles. The molecule has 23 heavy (non-hydrogen) atoms. The van der Waals surface area contributed by atoms with Crippen LogP contribution in [0.5, 0.6) is 6.01 Å². The van der Waals surface area contributed by atoms with Crippen LogP contribution >= 0.6 is 0 Å². The van der Waals surface area contributed by atoms with E-state index in [4.69, 9.17) is 4.74 Å². The van der Waals surface area contributed by atoms with Crippen molar-refractivity contribution in [1.82, 2.24) is 25.0 Å². The van der Waals surface area contributed by atoms with E-state index in [2.05, 4.69) is 15.4 Å². The summed E-state index contributed by atoms with van der Waals surface area (Å²) >= 11 is 0. The van der Waals surface area contributed by atoms with Gasteiger partial charge in [-0.15, -0.1) is 5.10 Å². The van der Waals surface area contributed by atoms with Crippen LogP contribution < -0.4 is 10.1 Å². The zero-order valence-electron chi connectivity index (χ0n) is 13.3. The predicted molar refractivity (Wildman–Crippen MR) is 78.8 cm³/mol. The number of piperidine rings is 2. The first-order valence-electron chi connectivity index (χ1n) is 7.68. The van der Waals surface area contributed by atoms with E-state index in [1.807, 2.05) is 0 Å². The van der Waals surface area contributed by atoms with Crippen molar-refractivity contribution < 1.29 is 19.4 Å². The van der Waals surface area contributed by atoms with Gasteiger partial charge in [-0.05, 0) is 19.3 Å². The molecule has 9 nitrogen and oxygen atoms in total. The Balaban J connectivity index is 1.82. The fraction of sp³-hybridized carbons (Fsp3) is 0.714. The summed E-state index contributed by atoms with van der Waals surface area (Å²) in [6.07, 6.45) is 0.991. The highest BCUT2D eigenvalue weighted by Crippen LogP contribution is 2.37. The van der Waals surface area contributed by atoms with Gasteiger partial charge in [0.1, 0.15) is 0 Å². The quantitative estimate of drug-likeness (QED) is 0.717. The molecule has 2 amide bonds. The molecule has 2 saturated heterocycles. The number of methoxy groups -OCH3 is 1. The molecule has 2 atom stereocenters. The van der Waals surface area contributed by atoms with Crippen molar-refractivity contribution >= 4 is 11.8 Å². The second-order valence-electron chi connectivity index (χ2n) is 6.09. The molecule has 2 aliphatic heterocycles. The first-order valence-corrected chi connectivity index (χ1v) is 7.68. The summed E-state index contributed by atoms with van der Waals surface area (Å²) < 4.78 is 6.41. The Morgan fingerprint density at radius 1 is 1.52 bits per heavy atom. The second kappa shape index (κ2) is 5.80. The molecule has 0 saturated carbocycles. The third kappa shape index (κ3) is 2.54. The van der Waals surface area contributed by atoms with Gasteiger partial charge in [0.15, 0.2) is 0 Å². The van der Waals surface area contributed by atoms with Crippen LogP contribution in [0.25, 0.3) is 0 Å². The minimum Gasteiger partial charge on any atom is -0.467 e. The summed E-state index contributed by atoms with van der Waals surface area (Å²) in [7, 11) is 3.09. The second-order valence-corrected chi connectivity index (χ2v) is 6.09. The largest absolute Gasteiger partial charge is 0.467 e. The topological polar surface area (TPSA) is 110 Å². The lowest BCUT2D eigenvalue weighted by Gasteiger charge is -2.46. The molecule has 3 heterocycles. The van der Waals surface area contributed by atoms with E-state index < -0.39 is 11.5 Å². The molecular weight excluding hydrogens is 302 g/mol. The highest BCUT2D eigenvalue weighted by Gasteiger charge is 2.51. The zero-order valence-corrected chi connectivity index (χ0v) is 13.3. The Bertz CT molecular complexity index is 631. The van der Waals surface area contributed by atoms with Crippen molar-refractivity contribution in [3.63, 3.8) is 0 Å². The highest BCUT2D eigenvalue weighted by atomic mass is 16.5. The van der Waals surface area contributed by atoms with Gasteiger partial charge in [-0.2, -0.15) is 4.98 Å². The summed E-state index contributed by atoms with van der Waals surface area (Å²) in [6, 6.07) is 0.246. The number of aromatic nitrogens is 3. The Labute approximate surface area is 133 Å². The van der Waals surface area contributed by atoms with E-state index >= 15 is 0 Å². The molecule has 0 radical (unpaired) electrons. The van der Waals surface area contributed by atoms with Crippen molar-refractivity contribution in [1.29, 1.82) is 0 Å². The van der Waals surface area contributed by atoms with Gasteiger partial charge in [0.2, 0.25) is 11.7 Å². The van der Waals surface area contributed by atoms with Gasteiger partial charge < -0.3 is 20.1 Å².